The molecule has 1 saturated carbocycles. The summed E-state index contributed by atoms with van der Waals surface area (Å²) in [6, 6.07) is 13.2. The van der Waals surface area contributed by atoms with Crippen molar-refractivity contribution in [2.45, 2.75) is 56.9 Å². The summed E-state index contributed by atoms with van der Waals surface area (Å²) in [6.07, 6.45) is 4.50. The average molecular weight is 444 g/mol. The highest BCUT2D eigenvalue weighted by molar-refractivity contribution is 7.89. The van der Waals surface area contributed by atoms with E-state index in [1.807, 2.05) is 6.92 Å². The van der Waals surface area contributed by atoms with E-state index in [1.54, 1.807) is 48.5 Å². The summed E-state index contributed by atoms with van der Waals surface area (Å²) in [5.41, 5.74) is 2.13. The van der Waals surface area contributed by atoms with Gasteiger partial charge in [-0.1, -0.05) is 37.0 Å². The largest absolute Gasteiger partial charge is 0.326 e. The van der Waals surface area contributed by atoms with Crippen molar-refractivity contribution in [3.05, 3.63) is 54.1 Å². The third kappa shape index (κ3) is 6.15. The Morgan fingerprint density at radius 3 is 2.00 bits per heavy atom. The highest BCUT2D eigenvalue weighted by Crippen LogP contribution is 2.28. The van der Waals surface area contributed by atoms with E-state index in [1.165, 1.54) is 11.2 Å². The topological polar surface area (TPSA) is 95.6 Å². The lowest BCUT2D eigenvalue weighted by Gasteiger charge is -2.33. The van der Waals surface area contributed by atoms with E-state index in [9.17, 15) is 18.0 Å². The quantitative estimate of drug-likeness (QED) is 0.678. The molecule has 2 aromatic rings. The van der Waals surface area contributed by atoms with Crippen LogP contribution < -0.4 is 10.6 Å². The van der Waals surface area contributed by atoms with Crippen LogP contribution in [0, 0.1) is 6.92 Å². The molecule has 2 amide bonds. The molecule has 1 aliphatic rings. The number of sulfonamides is 1. The summed E-state index contributed by atoms with van der Waals surface area (Å²) in [5.74, 6) is -0.574. The lowest BCUT2D eigenvalue weighted by atomic mass is 9.95. The Hall–Kier alpha value is -2.71. The highest BCUT2D eigenvalue weighted by Gasteiger charge is 2.33. The van der Waals surface area contributed by atoms with Gasteiger partial charge in [0.15, 0.2) is 0 Å². The number of carbonyl (C=O) groups excluding carboxylic acids is 2. The van der Waals surface area contributed by atoms with E-state index in [2.05, 4.69) is 10.6 Å². The van der Waals surface area contributed by atoms with E-state index in [0.717, 1.165) is 37.7 Å². The smallest absolute Gasteiger partial charge is 0.243 e. The van der Waals surface area contributed by atoms with Crippen LogP contribution in [0.4, 0.5) is 11.4 Å². The third-order valence-corrected chi connectivity index (χ3v) is 7.31. The molecule has 2 aromatic carbocycles. The fraction of sp³-hybridized carbons (Fsp3) is 0.391. The molecule has 0 atom stereocenters. The number of carbonyl (C=O) groups is 2. The lowest BCUT2D eigenvalue weighted by Crippen LogP contribution is -2.45. The van der Waals surface area contributed by atoms with Crippen molar-refractivity contribution < 1.29 is 18.0 Å². The molecule has 0 unspecified atom stereocenters. The maximum atomic E-state index is 13.4. The van der Waals surface area contributed by atoms with Gasteiger partial charge in [-0.05, 0) is 56.2 Å². The Balaban J connectivity index is 1.77. The highest BCUT2D eigenvalue weighted by atomic mass is 32.2. The van der Waals surface area contributed by atoms with Crippen LogP contribution in [-0.2, 0) is 19.6 Å². The molecule has 0 aliphatic heterocycles. The summed E-state index contributed by atoms with van der Waals surface area (Å²) in [5, 5.41) is 5.43. The Kier molecular flexibility index (Phi) is 7.46. The molecule has 0 spiro atoms. The van der Waals surface area contributed by atoms with E-state index in [4.69, 9.17) is 0 Å². The van der Waals surface area contributed by atoms with E-state index in [-0.39, 0.29) is 23.4 Å². The van der Waals surface area contributed by atoms with Crippen LogP contribution in [0.15, 0.2) is 53.4 Å². The zero-order valence-electron chi connectivity index (χ0n) is 17.9. The van der Waals surface area contributed by atoms with Crippen LogP contribution >= 0.6 is 0 Å². The Morgan fingerprint density at radius 1 is 0.903 bits per heavy atom. The Bertz CT molecular complexity index is 1010. The fourth-order valence-corrected chi connectivity index (χ4v) is 5.45. The molecular formula is C23H29N3O4S. The van der Waals surface area contributed by atoms with E-state index >= 15 is 0 Å². The SMILES string of the molecule is CC(=O)Nc1ccc(NC(=O)CN(C2CCCCC2)S(=O)(=O)c2ccc(C)cc2)cc1. The van der Waals surface area contributed by atoms with Gasteiger partial charge in [0.25, 0.3) is 0 Å². The fourth-order valence-electron chi connectivity index (χ4n) is 3.81. The molecule has 0 heterocycles. The first kappa shape index (κ1) is 23.0. The van der Waals surface area contributed by atoms with Crippen LogP contribution in [0.1, 0.15) is 44.6 Å². The minimum absolute atomic E-state index is 0.179. The van der Waals surface area contributed by atoms with Crippen LogP contribution in [-0.4, -0.2) is 37.1 Å². The summed E-state index contributed by atoms with van der Waals surface area (Å²) >= 11 is 0. The van der Waals surface area contributed by atoms with Crippen LogP contribution in [0.25, 0.3) is 0 Å². The van der Waals surface area contributed by atoms with Crippen LogP contribution in [0.2, 0.25) is 0 Å². The standard InChI is InChI=1S/C23H29N3O4S/c1-17-8-14-22(15-9-17)31(29,30)26(21-6-4-3-5-7-21)16-23(28)25-20-12-10-19(11-13-20)24-18(2)27/h8-15,21H,3-7,16H2,1-2H3,(H,24,27)(H,25,28). The minimum Gasteiger partial charge on any atom is -0.326 e. The molecule has 1 fully saturated rings. The number of hydrogen-bond acceptors (Lipinski definition) is 4. The molecule has 0 aromatic heterocycles. The molecule has 8 heteroatoms. The number of nitrogens with zero attached hydrogens (tertiary/aromatic N) is 1. The molecule has 3 rings (SSSR count). The molecular weight excluding hydrogens is 414 g/mol. The molecule has 2 N–H and O–H groups in total. The zero-order chi connectivity index (χ0) is 22.4. The number of aryl methyl sites for hydroxylation is 1. The van der Waals surface area contributed by atoms with Crippen molar-refractivity contribution in [3.63, 3.8) is 0 Å². The van der Waals surface area contributed by atoms with Crippen molar-refractivity contribution in [1.82, 2.24) is 4.31 Å². The second-order valence-corrected chi connectivity index (χ2v) is 9.85. The van der Waals surface area contributed by atoms with Gasteiger partial charge in [0, 0.05) is 24.3 Å². The van der Waals surface area contributed by atoms with Gasteiger partial charge < -0.3 is 10.6 Å². The summed E-state index contributed by atoms with van der Waals surface area (Å²) in [7, 11) is -3.80. The lowest BCUT2D eigenvalue weighted by molar-refractivity contribution is -0.117. The Morgan fingerprint density at radius 2 is 1.45 bits per heavy atom. The molecule has 31 heavy (non-hydrogen) atoms. The first-order chi connectivity index (χ1) is 14.8. The number of amides is 2. The summed E-state index contributed by atoms with van der Waals surface area (Å²) in [4.78, 5) is 24.1. The predicted molar refractivity (Wildman–Crippen MR) is 121 cm³/mol. The average Bonchev–Trinajstić information content (AvgIpc) is 2.74. The van der Waals surface area contributed by atoms with Gasteiger partial charge in [-0.15, -0.1) is 0 Å². The van der Waals surface area contributed by atoms with Gasteiger partial charge in [0.2, 0.25) is 21.8 Å². The number of hydrogen-bond donors (Lipinski definition) is 2. The molecule has 0 saturated heterocycles. The number of nitrogens with one attached hydrogen (secondary N) is 2. The summed E-state index contributed by atoms with van der Waals surface area (Å²) in [6.45, 7) is 3.08. The van der Waals surface area contributed by atoms with E-state index < -0.39 is 15.9 Å². The van der Waals surface area contributed by atoms with Crippen molar-refractivity contribution >= 4 is 33.2 Å². The van der Waals surface area contributed by atoms with Gasteiger partial charge in [-0.2, -0.15) is 4.31 Å². The molecule has 1 aliphatic carbocycles. The summed E-state index contributed by atoms with van der Waals surface area (Å²) < 4.78 is 28.1. The van der Waals surface area contributed by atoms with Crippen LogP contribution in [0.5, 0.6) is 0 Å². The van der Waals surface area contributed by atoms with Gasteiger partial charge in [-0.3, -0.25) is 9.59 Å². The maximum Gasteiger partial charge on any atom is 0.243 e. The van der Waals surface area contributed by atoms with E-state index in [0.29, 0.717) is 11.4 Å². The van der Waals surface area contributed by atoms with Gasteiger partial charge in [-0.25, -0.2) is 8.42 Å². The second-order valence-electron chi connectivity index (χ2n) is 7.96. The number of anilines is 2. The third-order valence-electron chi connectivity index (χ3n) is 5.40. The van der Waals surface area contributed by atoms with Crippen molar-refractivity contribution in [1.29, 1.82) is 0 Å². The zero-order valence-corrected chi connectivity index (χ0v) is 18.7. The second kappa shape index (κ2) is 10.1. The molecule has 0 radical (unpaired) electrons. The normalized spacial score (nSPS) is 14.9. The first-order valence-corrected chi connectivity index (χ1v) is 12.0. The van der Waals surface area contributed by atoms with Crippen molar-refractivity contribution in [2.24, 2.45) is 0 Å². The van der Waals surface area contributed by atoms with Gasteiger partial charge >= 0.3 is 0 Å². The van der Waals surface area contributed by atoms with Crippen molar-refractivity contribution in [2.75, 3.05) is 17.2 Å². The first-order valence-electron chi connectivity index (χ1n) is 10.5. The van der Waals surface area contributed by atoms with Gasteiger partial charge in [0.1, 0.15) is 0 Å². The number of rotatable bonds is 7. The minimum atomic E-state index is -3.80. The van der Waals surface area contributed by atoms with Gasteiger partial charge in [0.05, 0.1) is 11.4 Å². The van der Waals surface area contributed by atoms with Crippen molar-refractivity contribution in [3.8, 4) is 0 Å². The molecule has 166 valence electrons. The Labute approximate surface area is 183 Å². The monoisotopic (exact) mass is 443 g/mol. The molecule has 0 bridgehead atoms. The van der Waals surface area contributed by atoms with Crippen LogP contribution in [0.3, 0.4) is 0 Å². The number of benzene rings is 2. The maximum absolute atomic E-state index is 13.4. The molecule has 7 nitrogen and oxygen atoms in total. The predicted octanol–water partition coefficient (Wildman–Crippen LogP) is 3.92.